The molecule has 2 saturated heterocycles. The third-order valence-electron chi connectivity index (χ3n) is 15.3. The van der Waals surface area contributed by atoms with Gasteiger partial charge in [0.15, 0.2) is 29.2 Å². The van der Waals surface area contributed by atoms with Gasteiger partial charge in [-0.2, -0.15) is 0 Å². The van der Waals surface area contributed by atoms with Gasteiger partial charge in [-0.15, -0.1) is 5.10 Å². The Labute approximate surface area is 495 Å². The van der Waals surface area contributed by atoms with Crippen molar-refractivity contribution in [3.63, 3.8) is 0 Å². The summed E-state index contributed by atoms with van der Waals surface area (Å²) in [6, 6.07) is 10.3. The number of primary amides is 1. The second-order valence-corrected chi connectivity index (χ2v) is 21.4. The Morgan fingerprint density at radius 1 is 0.779 bits per heavy atom. The summed E-state index contributed by atoms with van der Waals surface area (Å²) in [4.78, 5) is 113. The van der Waals surface area contributed by atoms with Crippen LogP contribution in [0.3, 0.4) is 0 Å². The van der Waals surface area contributed by atoms with Gasteiger partial charge in [-0.3, -0.25) is 38.7 Å². The molecule has 9 amide bonds. The first kappa shape index (κ1) is 61.0. The third kappa shape index (κ3) is 14.5. The molecule has 0 bridgehead atoms. The third-order valence-corrected chi connectivity index (χ3v) is 15.3. The molecule has 0 saturated carbocycles. The standard InChI is InChI=1S/C60H70N12O14/c1-36-24-41-31-63-44-28-50(48(82-3)26-42(44)56(77)69(41)32-36)84-22-9-6-10-23-85-51-29-46-43(27-49(51)83-4)57(78)70-33-37(2)25-47(70)58(79)72(46)60(81)86-35-38-14-16-39(17-15-38)65-55(76)45(12-11-20-62-59(61)80)71-34-40(66-67-71)30-64-52(73)13-7-5-8-21-68-53(74)18-19-54(68)75/h14-19,26-29,31,34,41,45,47,58,79H,1-2,5-13,20-25,30,32-33,35H2,3-4H3,(H,64,73)(H,65,76)(H3,61,62,80)/t41-,45-,47-,58-/m0/s1. The van der Waals surface area contributed by atoms with Crippen LogP contribution in [0.2, 0.25) is 0 Å². The summed E-state index contributed by atoms with van der Waals surface area (Å²) in [5, 5.41) is 28.5. The summed E-state index contributed by atoms with van der Waals surface area (Å²) in [5.41, 5.74) is 9.32. The number of rotatable bonds is 27. The summed E-state index contributed by atoms with van der Waals surface area (Å²) in [7, 11) is 2.95. The number of aliphatic hydroxyl groups excluding tert-OH is 1. The molecule has 4 aromatic rings. The molecule has 26 heteroatoms. The first-order valence-electron chi connectivity index (χ1n) is 28.5. The zero-order valence-corrected chi connectivity index (χ0v) is 48.0. The highest BCUT2D eigenvalue weighted by Crippen LogP contribution is 2.43. The Bertz CT molecular complexity index is 3320. The predicted octanol–water partition coefficient (Wildman–Crippen LogP) is 5.39. The van der Waals surface area contributed by atoms with Crippen LogP contribution in [0.25, 0.3) is 0 Å². The number of aromatic nitrogens is 3. The van der Waals surface area contributed by atoms with E-state index in [4.69, 9.17) is 29.4 Å². The average Bonchev–Trinajstić information content (AvgIpc) is 1.89. The van der Waals surface area contributed by atoms with Crippen LogP contribution < -0.4 is 45.5 Å². The van der Waals surface area contributed by atoms with Crippen molar-refractivity contribution < 1.29 is 67.1 Å². The molecule has 2 fully saturated rings. The summed E-state index contributed by atoms with van der Waals surface area (Å²) >= 11 is 0. The molecule has 9 rings (SSSR count). The van der Waals surface area contributed by atoms with Gasteiger partial charge in [0.05, 0.1) is 74.8 Å². The molecule has 4 atom stereocenters. The minimum absolute atomic E-state index is 0.0421. The van der Waals surface area contributed by atoms with Crippen molar-refractivity contribution in [2.75, 3.05) is 63.8 Å². The molecule has 0 aliphatic carbocycles. The van der Waals surface area contributed by atoms with Crippen molar-refractivity contribution in [1.82, 2.24) is 40.3 Å². The van der Waals surface area contributed by atoms with Gasteiger partial charge in [-0.05, 0) is 87.6 Å². The number of methoxy groups -OCH3 is 2. The summed E-state index contributed by atoms with van der Waals surface area (Å²) in [5.74, 6) is -0.615. The summed E-state index contributed by atoms with van der Waals surface area (Å²) in [6.07, 6.45) is 8.64. The van der Waals surface area contributed by atoms with E-state index >= 15 is 0 Å². The minimum Gasteiger partial charge on any atom is -0.493 e. The molecule has 26 nitrogen and oxygen atoms in total. The lowest BCUT2D eigenvalue weighted by Gasteiger charge is -2.31. The van der Waals surface area contributed by atoms with E-state index in [1.807, 2.05) is 0 Å². The average molecular weight is 1180 g/mol. The number of ether oxygens (including phenoxy) is 5. The van der Waals surface area contributed by atoms with Gasteiger partial charge in [-0.1, -0.05) is 48.1 Å². The Morgan fingerprint density at radius 2 is 1.44 bits per heavy atom. The van der Waals surface area contributed by atoms with Crippen molar-refractivity contribution >= 4 is 70.8 Å². The maximum atomic E-state index is 14.3. The highest BCUT2D eigenvalue weighted by Gasteiger charge is 2.46. The predicted molar refractivity (Wildman–Crippen MR) is 312 cm³/mol. The lowest BCUT2D eigenvalue weighted by Crippen LogP contribution is -2.50. The van der Waals surface area contributed by atoms with Crippen LogP contribution in [0.4, 0.5) is 26.7 Å². The van der Waals surface area contributed by atoms with E-state index in [0.29, 0.717) is 110 Å². The van der Waals surface area contributed by atoms with Gasteiger partial charge in [0.25, 0.3) is 23.6 Å². The van der Waals surface area contributed by atoms with E-state index < -0.39 is 42.3 Å². The summed E-state index contributed by atoms with van der Waals surface area (Å²) < 4.78 is 30.9. The number of nitrogens with two attached hydrogens (primary N) is 1. The van der Waals surface area contributed by atoms with E-state index in [0.717, 1.165) is 15.4 Å². The Balaban J connectivity index is 0.789. The number of anilines is 2. The number of nitrogens with one attached hydrogen (secondary N) is 3. The van der Waals surface area contributed by atoms with Gasteiger partial charge in [-0.25, -0.2) is 19.2 Å². The SMILES string of the molecule is C=C1C[C@H]2C=Nc3cc(OCCCCCOc4cc5c(cc4OC)C(=O)N4CC(=C)C[C@H]4[C@H](O)N5C(=O)OCc4ccc(NC(=O)[C@H](CCCNC(N)=O)n5cc(CNC(=O)CCCCCN6C(=O)C=CC6=O)nn5)cc4)c(OC)cc3C(=O)N2C1. The molecular weight excluding hydrogens is 1110 g/mol. The molecule has 0 unspecified atom stereocenters. The number of unbranched alkanes of at least 4 members (excludes halogenated alkanes) is 4. The summed E-state index contributed by atoms with van der Waals surface area (Å²) in [6.45, 7) is 9.56. The van der Waals surface area contributed by atoms with Crippen LogP contribution in [0, 0.1) is 0 Å². The van der Waals surface area contributed by atoms with E-state index in [9.17, 15) is 43.5 Å². The molecule has 86 heavy (non-hydrogen) atoms. The smallest absolute Gasteiger partial charge is 0.416 e. The fourth-order valence-electron chi connectivity index (χ4n) is 10.8. The maximum absolute atomic E-state index is 14.3. The Hall–Kier alpha value is -9.59. The molecule has 3 aromatic carbocycles. The number of benzene rings is 3. The van der Waals surface area contributed by atoms with Crippen molar-refractivity contribution in [2.45, 2.75) is 108 Å². The fourth-order valence-corrected chi connectivity index (χ4v) is 10.8. The maximum Gasteiger partial charge on any atom is 0.416 e. The van der Waals surface area contributed by atoms with E-state index in [1.165, 1.54) is 48.1 Å². The van der Waals surface area contributed by atoms with Crippen LogP contribution in [-0.2, 0) is 37.1 Å². The largest absolute Gasteiger partial charge is 0.493 e. The minimum atomic E-state index is -1.54. The topological polar surface area (TPSA) is 321 Å². The molecule has 6 heterocycles. The molecule has 5 aliphatic rings. The second kappa shape index (κ2) is 27.9. The first-order chi connectivity index (χ1) is 41.5. The molecule has 454 valence electrons. The lowest BCUT2D eigenvalue weighted by atomic mass is 10.1. The number of amides is 9. The number of carbonyl (C=O) groups is 8. The number of hydrogen-bond donors (Lipinski definition) is 5. The van der Waals surface area contributed by atoms with Crippen molar-refractivity contribution in [3.05, 3.63) is 114 Å². The highest BCUT2D eigenvalue weighted by molar-refractivity contribution is 6.13. The number of urea groups is 1. The van der Waals surface area contributed by atoms with Gasteiger partial charge in [0.2, 0.25) is 11.8 Å². The van der Waals surface area contributed by atoms with E-state index in [-0.39, 0.29) is 111 Å². The van der Waals surface area contributed by atoms with Crippen LogP contribution in [0.1, 0.15) is 109 Å². The van der Waals surface area contributed by atoms with Crippen molar-refractivity contribution in [2.24, 2.45) is 10.7 Å². The van der Waals surface area contributed by atoms with Crippen LogP contribution in [0.15, 0.2) is 96.2 Å². The number of fused-ring (bicyclic) bond motifs is 4. The number of aliphatic imine (C=N–C) groups is 1. The number of imide groups is 1. The Kier molecular flexibility index (Phi) is 19.8. The number of hydrogen-bond acceptors (Lipinski definition) is 17. The molecule has 6 N–H and O–H groups in total. The molecule has 1 aromatic heterocycles. The zero-order valence-electron chi connectivity index (χ0n) is 48.0. The Morgan fingerprint density at radius 3 is 2.15 bits per heavy atom. The monoisotopic (exact) mass is 1180 g/mol. The quantitative estimate of drug-likeness (QED) is 0.0284. The van der Waals surface area contributed by atoms with Crippen molar-refractivity contribution in [3.8, 4) is 23.0 Å². The first-order valence-corrected chi connectivity index (χ1v) is 28.5. The van der Waals surface area contributed by atoms with Gasteiger partial charge in [0.1, 0.15) is 18.3 Å². The van der Waals surface area contributed by atoms with Crippen LogP contribution >= 0.6 is 0 Å². The van der Waals surface area contributed by atoms with E-state index in [1.54, 1.807) is 53.7 Å². The van der Waals surface area contributed by atoms with Crippen LogP contribution in [-0.4, -0.2) is 161 Å². The van der Waals surface area contributed by atoms with Gasteiger partial charge >= 0.3 is 12.1 Å². The zero-order chi connectivity index (χ0) is 61.0. The number of carbonyl (C=O) groups excluding carboxylic acids is 8. The van der Waals surface area contributed by atoms with Gasteiger partial charge in [0, 0.05) is 68.8 Å². The van der Waals surface area contributed by atoms with Crippen molar-refractivity contribution in [1.29, 1.82) is 0 Å². The molecular formula is C60H70N12O14. The molecule has 0 radical (unpaired) electrons. The molecule has 5 aliphatic heterocycles. The highest BCUT2D eigenvalue weighted by atomic mass is 16.6. The van der Waals surface area contributed by atoms with Crippen LogP contribution in [0.5, 0.6) is 23.0 Å². The number of aliphatic hydroxyl groups is 1. The molecule has 0 spiro atoms. The normalized spacial score (nSPS) is 18.0. The number of nitrogens with zero attached hydrogens (tertiary/aromatic N) is 8. The second-order valence-electron chi connectivity index (χ2n) is 21.4. The van der Waals surface area contributed by atoms with Gasteiger partial charge < -0.3 is 60.3 Å². The fraction of sp³-hybridized carbons (Fsp3) is 0.417. The lowest BCUT2D eigenvalue weighted by molar-refractivity contribution is -0.137. The van der Waals surface area contributed by atoms with E-state index in [2.05, 4.69) is 44.4 Å².